The highest BCUT2D eigenvalue weighted by atomic mass is 31.2. The predicted octanol–water partition coefficient (Wildman–Crippen LogP) is 14.6. The zero-order valence-electron chi connectivity index (χ0n) is 39.9. The highest BCUT2D eigenvalue weighted by molar-refractivity contribution is 7.47. The van der Waals surface area contributed by atoms with Gasteiger partial charge in [0, 0.05) is 12.8 Å². The normalized spacial score (nSPS) is 13.6. The van der Waals surface area contributed by atoms with Crippen LogP contribution >= 0.6 is 7.82 Å². The highest BCUT2D eigenvalue weighted by Crippen LogP contribution is 2.43. The zero-order chi connectivity index (χ0) is 44.8. The first-order valence-corrected chi connectivity index (χ1v) is 27.5. The first-order valence-electron chi connectivity index (χ1n) is 26.0. The molecule has 0 aliphatic carbocycles. The first-order chi connectivity index (χ1) is 29.8. The Morgan fingerprint density at radius 2 is 0.574 bits per heavy atom. The lowest BCUT2D eigenvalue weighted by Crippen LogP contribution is -2.28. The number of carbonyl (C=O) groups is 2. The number of hydrogen-bond donors (Lipinski definition) is 3. The first kappa shape index (κ1) is 60.0. The molecule has 0 heterocycles. The van der Waals surface area contributed by atoms with E-state index in [0.717, 1.165) is 38.5 Å². The van der Waals surface area contributed by atoms with Crippen LogP contribution in [0.15, 0.2) is 0 Å². The van der Waals surface area contributed by atoms with Crippen LogP contribution in [0.2, 0.25) is 0 Å². The van der Waals surface area contributed by atoms with Crippen LogP contribution in [0, 0.1) is 0 Å². The van der Waals surface area contributed by atoms with Crippen LogP contribution in [0.3, 0.4) is 0 Å². The molecule has 0 saturated heterocycles. The Labute approximate surface area is 375 Å². The van der Waals surface area contributed by atoms with Gasteiger partial charge in [-0.1, -0.05) is 245 Å². The lowest BCUT2D eigenvalue weighted by molar-refractivity contribution is -0.153. The fourth-order valence-corrected chi connectivity index (χ4v) is 8.61. The summed E-state index contributed by atoms with van der Waals surface area (Å²) in [6.45, 7) is 2.29. The minimum atomic E-state index is -4.63. The van der Waals surface area contributed by atoms with Crippen LogP contribution in [0.25, 0.3) is 0 Å². The molecular weight excluding hydrogens is 792 g/mol. The predicted molar refractivity (Wildman–Crippen MR) is 252 cm³/mol. The van der Waals surface area contributed by atoms with E-state index in [1.165, 1.54) is 193 Å². The molecule has 3 atom stereocenters. The van der Waals surface area contributed by atoms with Crippen molar-refractivity contribution in [1.29, 1.82) is 0 Å². The van der Waals surface area contributed by atoms with E-state index in [0.29, 0.717) is 12.8 Å². The molecule has 0 spiro atoms. The van der Waals surface area contributed by atoms with Crippen LogP contribution < -0.4 is 0 Å². The van der Waals surface area contributed by atoms with Gasteiger partial charge in [0.2, 0.25) is 0 Å². The van der Waals surface area contributed by atoms with Crippen molar-refractivity contribution in [2.45, 2.75) is 283 Å². The van der Waals surface area contributed by atoms with Crippen molar-refractivity contribution in [3.63, 3.8) is 0 Å². The molecule has 0 bridgehead atoms. The monoisotopic (exact) mass is 891 g/mol. The van der Waals surface area contributed by atoms with Crippen LogP contribution in [0.5, 0.6) is 0 Å². The summed E-state index contributed by atoms with van der Waals surface area (Å²) in [6.07, 6.45) is 46.5. The van der Waals surface area contributed by atoms with Crippen LogP contribution in [0.1, 0.15) is 271 Å². The summed E-state index contributed by atoms with van der Waals surface area (Å²) >= 11 is 0. The lowest BCUT2D eigenvalue weighted by Gasteiger charge is -2.20. The van der Waals surface area contributed by atoms with Crippen molar-refractivity contribution in [1.82, 2.24) is 0 Å². The van der Waals surface area contributed by atoms with Gasteiger partial charge in [0.05, 0.1) is 26.4 Å². The quantitative estimate of drug-likeness (QED) is 0.0306. The van der Waals surface area contributed by atoms with Crippen molar-refractivity contribution in [2.24, 2.45) is 0 Å². The van der Waals surface area contributed by atoms with Crippen molar-refractivity contribution in [2.75, 3.05) is 26.4 Å². The van der Waals surface area contributed by atoms with Crippen molar-refractivity contribution in [3.8, 4) is 0 Å². The molecule has 0 aromatic rings. The number of aliphatic hydroxyl groups excluding tert-OH is 2. The number of phosphoric acid groups is 1. The minimum absolute atomic E-state index is 0.200. The van der Waals surface area contributed by atoms with Crippen molar-refractivity contribution >= 4 is 19.8 Å². The van der Waals surface area contributed by atoms with E-state index in [1.807, 2.05) is 0 Å². The highest BCUT2D eigenvalue weighted by Gasteiger charge is 2.27. The van der Waals surface area contributed by atoms with E-state index in [2.05, 4.69) is 13.8 Å². The van der Waals surface area contributed by atoms with E-state index in [1.54, 1.807) is 0 Å². The van der Waals surface area contributed by atoms with Crippen LogP contribution in [-0.2, 0) is 32.7 Å². The molecule has 364 valence electrons. The molecule has 0 saturated carbocycles. The van der Waals surface area contributed by atoms with Gasteiger partial charge in [-0.15, -0.1) is 0 Å². The summed E-state index contributed by atoms with van der Waals surface area (Å²) in [5.41, 5.74) is 0. The molecule has 3 N–H and O–H groups in total. The van der Waals surface area contributed by atoms with E-state index < -0.39 is 58.4 Å². The summed E-state index contributed by atoms with van der Waals surface area (Å²) in [6, 6.07) is 0. The Morgan fingerprint density at radius 1 is 0.377 bits per heavy atom. The summed E-state index contributed by atoms with van der Waals surface area (Å²) in [4.78, 5) is 34.7. The number of esters is 2. The largest absolute Gasteiger partial charge is 0.472 e. The molecule has 11 heteroatoms. The number of unbranched alkanes of at least 4 members (excludes halogenated alkanes) is 36. The molecular formula is C50H99O10P. The van der Waals surface area contributed by atoms with E-state index in [-0.39, 0.29) is 12.8 Å². The number of hydrogen-bond acceptors (Lipinski definition) is 9. The van der Waals surface area contributed by atoms with Crippen molar-refractivity contribution in [3.05, 3.63) is 0 Å². The van der Waals surface area contributed by atoms with Crippen LogP contribution in [-0.4, -0.2) is 65.7 Å². The van der Waals surface area contributed by atoms with E-state index in [4.69, 9.17) is 18.5 Å². The van der Waals surface area contributed by atoms with E-state index in [9.17, 15) is 29.3 Å². The van der Waals surface area contributed by atoms with Gasteiger partial charge in [0.15, 0.2) is 0 Å². The minimum Gasteiger partial charge on any atom is -0.457 e. The molecule has 10 nitrogen and oxygen atoms in total. The molecule has 0 aromatic heterocycles. The van der Waals surface area contributed by atoms with Gasteiger partial charge in [-0.3, -0.25) is 18.6 Å². The van der Waals surface area contributed by atoms with Gasteiger partial charge in [-0.05, 0) is 12.8 Å². The summed E-state index contributed by atoms with van der Waals surface area (Å²) in [5.74, 6) is -0.999. The molecule has 0 aromatic carbocycles. The van der Waals surface area contributed by atoms with Gasteiger partial charge < -0.3 is 24.6 Å². The topological polar surface area (TPSA) is 149 Å². The van der Waals surface area contributed by atoms with Crippen LogP contribution in [0.4, 0.5) is 0 Å². The lowest BCUT2D eigenvalue weighted by atomic mass is 10.0. The Morgan fingerprint density at radius 3 is 0.770 bits per heavy atom. The zero-order valence-corrected chi connectivity index (χ0v) is 40.8. The maximum atomic E-state index is 12.4. The van der Waals surface area contributed by atoms with Crippen molar-refractivity contribution < 1.29 is 47.8 Å². The second-order valence-corrected chi connectivity index (χ2v) is 19.3. The number of rotatable bonds is 50. The Kier molecular flexibility index (Phi) is 46.2. The summed E-state index contributed by atoms with van der Waals surface area (Å²) < 4.78 is 32.7. The molecule has 3 unspecified atom stereocenters. The molecule has 0 rings (SSSR count). The molecule has 0 aliphatic heterocycles. The molecule has 61 heavy (non-hydrogen) atoms. The smallest absolute Gasteiger partial charge is 0.457 e. The number of phosphoric ester groups is 1. The number of ether oxygens (including phenoxy) is 2. The summed E-state index contributed by atoms with van der Waals surface area (Å²) in [5, 5.41) is 19.3. The molecule has 0 fully saturated rings. The van der Waals surface area contributed by atoms with Gasteiger partial charge in [-0.2, -0.15) is 0 Å². The third kappa shape index (κ3) is 45.3. The van der Waals surface area contributed by atoms with E-state index >= 15 is 0 Å². The Bertz CT molecular complexity index is 982. The fourth-order valence-electron chi connectivity index (χ4n) is 7.83. The molecule has 0 radical (unpaired) electrons. The van der Waals surface area contributed by atoms with Gasteiger partial charge >= 0.3 is 19.8 Å². The third-order valence-corrected chi connectivity index (χ3v) is 12.8. The second kappa shape index (κ2) is 46.9. The number of carbonyl (C=O) groups excluding carboxylic acids is 2. The average Bonchev–Trinajstić information content (AvgIpc) is 3.25. The standard InChI is InChI=1S/C50H99O10P/c1-3-5-7-9-11-13-15-17-19-21-23-24-26-28-30-32-34-36-38-40-42-50(54)60-48(44-52)46-58-61(55,56)57-45-47(43-51)59-49(53)41-39-37-35-33-31-29-27-25-22-20-18-16-14-12-10-8-6-4-2/h47-48,51-52H,3-46H2,1-2H3,(H,55,56). The SMILES string of the molecule is CCCCCCCCCCCCCCCCCCCCCCC(=O)OC(CO)COP(=O)(O)OCC(CO)OC(=O)CCCCCCCCCCCCCCCCCCCC. The van der Waals surface area contributed by atoms with Gasteiger partial charge in [-0.25, -0.2) is 4.57 Å². The molecule has 0 amide bonds. The second-order valence-electron chi connectivity index (χ2n) is 17.9. The summed E-state index contributed by atoms with van der Waals surface area (Å²) in [7, 11) is -4.63. The maximum Gasteiger partial charge on any atom is 0.472 e. The average molecular weight is 891 g/mol. The fraction of sp³-hybridized carbons (Fsp3) is 0.960. The Balaban J connectivity index is 3.78. The number of aliphatic hydroxyl groups is 2. The third-order valence-electron chi connectivity index (χ3n) is 11.8. The Hall–Kier alpha value is -1.03. The molecule has 0 aliphatic rings. The maximum absolute atomic E-state index is 12.4. The van der Waals surface area contributed by atoms with Gasteiger partial charge in [0.1, 0.15) is 12.2 Å². The van der Waals surface area contributed by atoms with Gasteiger partial charge in [0.25, 0.3) is 0 Å².